The Labute approximate surface area is 112 Å². The number of hydrogen-bond acceptors (Lipinski definition) is 2. The van der Waals surface area contributed by atoms with Crippen LogP contribution in [0, 0.1) is 0 Å². The van der Waals surface area contributed by atoms with Crippen molar-refractivity contribution in [2.24, 2.45) is 0 Å². The standard InChI is InChI=1S/C17H15NO/c1-19-17-7-3-5-15-14(4-2-6-16(15)17)12-8-10-13(18)11-9-12/h2-11H,18H2,1H3. The molecule has 0 spiro atoms. The van der Waals surface area contributed by atoms with E-state index in [0.717, 1.165) is 22.4 Å². The number of anilines is 1. The Hall–Kier alpha value is -2.48. The number of rotatable bonds is 2. The molecule has 2 heteroatoms. The summed E-state index contributed by atoms with van der Waals surface area (Å²) in [6.07, 6.45) is 0. The van der Waals surface area contributed by atoms with Crippen LogP contribution in [0.15, 0.2) is 60.7 Å². The van der Waals surface area contributed by atoms with Crippen LogP contribution in [0.4, 0.5) is 5.69 Å². The minimum atomic E-state index is 0.779. The lowest BCUT2D eigenvalue weighted by atomic mass is 9.98. The normalized spacial score (nSPS) is 10.6. The topological polar surface area (TPSA) is 35.2 Å². The lowest BCUT2D eigenvalue weighted by Gasteiger charge is -2.10. The largest absolute Gasteiger partial charge is 0.496 e. The maximum atomic E-state index is 5.74. The highest BCUT2D eigenvalue weighted by atomic mass is 16.5. The van der Waals surface area contributed by atoms with E-state index < -0.39 is 0 Å². The minimum absolute atomic E-state index is 0.779. The van der Waals surface area contributed by atoms with Crippen LogP contribution in [0.5, 0.6) is 5.75 Å². The molecule has 2 N–H and O–H groups in total. The number of ether oxygens (including phenoxy) is 1. The van der Waals surface area contributed by atoms with Crippen LogP contribution in [0.1, 0.15) is 0 Å². The van der Waals surface area contributed by atoms with Crippen LogP contribution in [-0.2, 0) is 0 Å². The van der Waals surface area contributed by atoms with Crippen LogP contribution in [0.3, 0.4) is 0 Å². The summed E-state index contributed by atoms with van der Waals surface area (Å²) in [5, 5.41) is 2.31. The van der Waals surface area contributed by atoms with Gasteiger partial charge < -0.3 is 10.5 Å². The molecule has 0 bridgehead atoms. The first-order valence-electron chi connectivity index (χ1n) is 6.21. The SMILES string of the molecule is COc1cccc2c(-c3ccc(N)cc3)cccc12. The van der Waals surface area contributed by atoms with Crippen LogP contribution < -0.4 is 10.5 Å². The molecule has 0 amide bonds. The van der Waals surface area contributed by atoms with Crippen molar-refractivity contribution < 1.29 is 4.74 Å². The van der Waals surface area contributed by atoms with E-state index >= 15 is 0 Å². The summed E-state index contributed by atoms with van der Waals surface area (Å²) in [7, 11) is 1.70. The molecule has 0 aliphatic carbocycles. The zero-order chi connectivity index (χ0) is 13.2. The molecule has 0 aromatic heterocycles. The van der Waals surface area contributed by atoms with Gasteiger partial charge in [0, 0.05) is 11.1 Å². The molecule has 0 radical (unpaired) electrons. The van der Waals surface area contributed by atoms with Gasteiger partial charge in [-0.1, -0.05) is 42.5 Å². The highest BCUT2D eigenvalue weighted by molar-refractivity contribution is 5.99. The zero-order valence-electron chi connectivity index (χ0n) is 10.8. The van der Waals surface area contributed by atoms with E-state index in [4.69, 9.17) is 10.5 Å². The molecule has 3 rings (SSSR count). The predicted octanol–water partition coefficient (Wildman–Crippen LogP) is 4.10. The minimum Gasteiger partial charge on any atom is -0.496 e. The fourth-order valence-electron chi connectivity index (χ4n) is 2.37. The first-order valence-corrected chi connectivity index (χ1v) is 6.21. The Morgan fingerprint density at radius 1 is 0.789 bits per heavy atom. The summed E-state index contributed by atoms with van der Waals surface area (Å²) in [4.78, 5) is 0. The van der Waals surface area contributed by atoms with Gasteiger partial charge in [0.05, 0.1) is 7.11 Å². The Morgan fingerprint density at radius 2 is 1.47 bits per heavy atom. The quantitative estimate of drug-likeness (QED) is 0.694. The number of fused-ring (bicyclic) bond motifs is 1. The number of nitrogen functional groups attached to an aromatic ring is 1. The predicted molar refractivity (Wildman–Crippen MR) is 80.3 cm³/mol. The van der Waals surface area contributed by atoms with Gasteiger partial charge in [-0.15, -0.1) is 0 Å². The maximum absolute atomic E-state index is 5.74. The third kappa shape index (κ3) is 2.02. The van der Waals surface area contributed by atoms with Gasteiger partial charge in [-0.3, -0.25) is 0 Å². The molecule has 0 saturated heterocycles. The average Bonchev–Trinajstić information content (AvgIpc) is 2.47. The van der Waals surface area contributed by atoms with Gasteiger partial charge in [0.15, 0.2) is 0 Å². The second-order valence-corrected chi connectivity index (χ2v) is 4.48. The summed E-state index contributed by atoms with van der Waals surface area (Å²) < 4.78 is 5.42. The van der Waals surface area contributed by atoms with Crippen molar-refractivity contribution in [1.29, 1.82) is 0 Å². The van der Waals surface area contributed by atoms with Crippen LogP contribution in [0.2, 0.25) is 0 Å². The van der Waals surface area contributed by atoms with Gasteiger partial charge in [0.25, 0.3) is 0 Å². The van der Waals surface area contributed by atoms with Crippen molar-refractivity contribution in [2.45, 2.75) is 0 Å². The van der Waals surface area contributed by atoms with E-state index in [1.807, 2.05) is 36.4 Å². The molecule has 2 nitrogen and oxygen atoms in total. The molecule has 0 aliphatic rings. The molecule has 3 aromatic carbocycles. The van der Waals surface area contributed by atoms with Gasteiger partial charge in [-0.25, -0.2) is 0 Å². The smallest absolute Gasteiger partial charge is 0.126 e. The summed E-state index contributed by atoms with van der Waals surface area (Å²) in [5.74, 6) is 0.898. The highest BCUT2D eigenvalue weighted by Gasteiger charge is 2.06. The van der Waals surface area contributed by atoms with Gasteiger partial charge >= 0.3 is 0 Å². The van der Waals surface area contributed by atoms with Crippen LogP contribution >= 0.6 is 0 Å². The van der Waals surface area contributed by atoms with E-state index in [0.29, 0.717) is 0 Å². The third-order valence-electron chi connectivity index (χ3n) is 3.32. The Bertz CT molecular complexity index is 717. The first-order chi connectivity index (χ1) is 9.29. The monoisotopic (exact) mass is 249 g/mol. The van der Waals surface area contributed by atoms with Crippen molar-refractivity contribution in [3.8, 4) is 16.9 Å². The van der Waals surface area contributed by atoms with Crippen molar-refractivity contribution in [3.63, 3.8) is 0 Å². The Kier molecular flexibility index (Phi) is 2.84. The van der Waals surface area contributed by atoms with Crippen molar-refractivity contribution in [1.82, 2.24) is 0 Å². The lowest BCUT2D eigenvalue weighted by Crippen LogP contribution is -1.87. The molecule has 19 heavy (non-hydrogen) atoms. The third-order valence-corrected chi connectivity index (χ3v) is 3.32. The number of hydrogen-bond donors (Lipinski definition) is 1. The van der Waals surface area contributed by atoms with Crippen LogP contribution in [-0.4, -0.2) is 7.11 Å². The summed E-state index contributed by atoms with van der Waals surface area (Å²) in [6.45, 7) is 0. The van der Waals surface area contributed by atoms with E-state index in [9.17, 15) is 0 Å². The summed E-state index contributed by atoms with van der Waals surface area (Å²) >= 11 is 0. The molecule has 0 atom stereocenters. The van der Waals surface area contributed by atoms with Crippen LogP contribution in [0.25, 0.3) is 21.9 Å². The molecular weight excluding hydrogens is 234 g/mol. The lowest BCUT2D eigenvalue weighted by molar-refractivity contribution is 0.420. The van der Waals surface area contributed by atoms with Gasteiger partial charge in [-0.05, 0) is 34.7 Å². The Morgan fingerprint density at radius 3 is 2.21 bits per heavy atom. The molecule has 0 unspecified atom stereocenters. The van der Waals surface area contributed by atoms with Crippen molar-refractivity contribution in [2.75, 3.05) is 12.8 Å². The van der Waals surface area contributed by atoms with Crippen molar-refractivity contribution >= 4 is 16.5 Å². The van der Waals surface area contributed by atoms with Gasteiger partial charge in [0.1, 0.15) is 5.75 Å². The second kappa shape index (κ2) is 4.65. The second-order valence-electron chi connectivity index (χ2n) is 4.48. The fraction of sp³-hybridized carbons (Fsp3) is 0.0588. The van der Waals surface area contributed by atoms with E-state index in [1.165, 1.54) is 10.9 Å². The molecule has 3 aromatic rings. The number of benzene rings is 3. The van der Waals surface area contributed by atoms with Gasteiger partial charge in [-0.2, -0.15) is 0 Å². The molecule has 0 heterocycles. The first kappa shape index (κ1) is 11.6. The maximum Gasteiger partial charge on any atom is 0.126 e. The zero-order valence-corrected chi connectivity index (χ0v) is 10.8. The Balaban J connectivity index is 2.27. The van der Waals surface area contributed by atoms with Crippen molar-refractivity contribution in [3.05, 3.63) is 60.7 Å². The summed E-state index contributed by atoms with van der Waals surface area (Å²) in [5.41, 5.74) is 8.87. The molecule has 94 valence electrons. The van der Waals surface area contributed by atoms with E-state index in [-0.39, 0.29) is 0 Å². The average molecular weight is 249 g/mol. The van der Waals surface area contributed by atoms with Gasteiger partial charge in [0.2, 0.25) is 0 Å². The number of nitrogens with two attached hydrogens (primary N) is 1. The molecular formula is C17H15NO. The number of methoxy groups -OCH3 is 1. The fourth-order valence-corrected chi connectivity index (χ4v) is 2.37. The molecule has 0 saturated carbocycles. The molecule has 0 fully saturated rings. The molecule has 0 aliphatic heterocycles. The van der Waals surface area contributed by atoms with E-state index in [1.54, 1.807) is 7.11 Å². The highest BCUT2D eigenvalue weighted by Crippen LogP contribution is 2.33. The summed E-state index contributed by atoms with van der Waals surface area (Å²) in [6, 6.07) is 20.3. The van der Waals surface area contributed by atoms with E-state index in [2.05, 4.69) is 24.3 Å².